The molecule has 1 fully saturated rings. The minimum Gasteiger partial charge on any atom is -0.352 e. The molecule has 8 heteroatoms. The van der Waals surface area contributed by atoms with Gasteiger partial charge in [0.2, 0.25) is 5.91 Å². The third kappa shape index (κ3) is 4.47. The average molecular weight is 500 g/mol. The van der Waals surface area contributed by atoms with E-state index in [1.165, 1.54) is 6.07 Å². The van der Waals surface area contributed by atoms with Gasteiger partial charge in [0.05, 0.1) is 23.5 Å². The van der Waals surface area contributed by atoms with Crippen molar-refractivity contribution in [3.63, 3.8) is 0 Å². The molecule has 0 spiro atoms. The number of aryl methyl sites for hydroxylation is 1. The van der Waals surface area contributed by atoms with E-state index >= 15 is 0 Å². The van der Waals surface area contributed by atoms with Gasteiger partial charge in [0.15, 0.2) is 5.11 Å². The lowest BCUT2D eigenvalue weighted by Crippen LogP contribution is -2.37. The summed E-state index contributed by atoms with van der Waals surface area (Å²) < 4.78 is 16.7. The fourth-order valence-corrected chi connectivity index (χ4v) is 5.19. The minimum absolute atomic E-state index is 0.0537. The zero-order valence-electron chi connectivity index (χ0n) is 20.0. The Balaban J connectivity index is 1.55. The minimum atomic E-state index is -0.319. The molecule has 1 aliphatic heterocycles. The first-order chi connectivity index (χ1) is 17.4. The van der Waals surface area contributed by atoms with Crippen LogP contribution in [0.2, 0.25) is 0 Å². The summed E-state index contributed by atoms with van der Waals surface area (Å²) in [5, 5.41) is 6.79. The van der Waals surface area contributed by atoms with Gasteiger partial charge in [0.25, 0.3) is 0 Å². The van der Waals surface area contributed by atoms with Crippen LogP contribution < -0.4 is 10.6 Å². The monoisotopic (exact) mass is 499 g/mol. The van der Waals surface area contributed by atoms with E-state index in [9.17, 15) is 9.18 Å². The number of anilines is 1. The molecule has 0 aliphatic carbocycles. The predicted octanol–water partition coefficient (Wildman–Crippen LogP) is 5.24. The molecule has 2 aromatic heterocycles. The summed E-state index contributed by atoms with van der Waals surface area (Å²) in [6, 6.07) is 23.2. The number of amides is 1. The molecule has 5 rings (SSSR count). The Morgan fingerprint density at radius 3 is 2.50 bits per heavy atom. The van der Waals surface area contributed by atoms with Crippen molar-refractivity contribution in [1.29, 1.82) is 0 Å². The zero-order valence-corrected chi connectivity index (χ0v) is 20.8. The van der Waals surface area contributed by atoms with E-state index in [1.54, 1.807) is 18.3 Å². The summed E-state index contributed by atoms with van der Waals surface area (Å²) >= 11 is 5.72. The summed E-state index contributed by atoms with van der Waals surface area (Å²) in [5.41, 5.74) is 4.73. The fourth-order valence-electron chi connectivity index (χ4n) is 4.88. The van der Waals surface area contributed by atoms with E-state index in [4.69, 9.17) is 12.2 Å². The number of pyridine rings is 1. The number of nitrogens with one attached hydrogen (secondary N) is 2. The standard InChI is InChI=1S/C28H26FN5OS/c1-18-16-21(19(2)34(18)24-14-7-6-12-22(24)29)27-26(23-13-8-9-15-30-23)32-28(36)33(27)17-25(35)31-20-10-4-3-5-11-20/h3-16,26-27H,17H2,1-2H3,(H,31,35)(H,32,36). The van der Waals surface area contributed by atoms with Gasteiger partial charge in [-0.05, 0) is 74.1 Å². The van der Waals surface area contributed by atoms with E-state index < -0.39 is 0 Å². The van der Waals surface area contributed by atoms with Crippen molar-refractivity contribution >= 4 is 28.9 Å². The van der Waals surface area contributed by atoms with Gasteiger partial charge in [-0.3, -0.25) is 9.78 Å². The Bertz CT molecular complexity index is 1410. The highest BCUT2D eigenvalue weighted by molar-refractivity contribution is 7.80. The maximum Gasteiger partial charge on any atom is 0.244 e. The van der Waals surface area contributed by atoms with Gasteiger partial charge in [0, 0.05) is 23.3 Å². The van der Waals surface area contributed by atoms with Crippen LogP contribution in [-0.2, 0) is 4.79 Å². The van der Waals surface area contributed by atoms with Crippen LogP contribution in [0.25, 0.3) is 5.69 Å². The van der Waals surface area contributed by atoms with Gasteiger partial charge in [-0.25, -0.2) is 4.39 Å². The highest BCUT2D eigenvalue weighted by Crippen LogP contribution is 2.41. The topological polar surface area (TPSA) is 62.2 Å². The molecular weight excluding hydrogens is 473 g/mol. The Morgan fingerprint density at radius 1 is 1.06 bits per heavy atom. The summed E-state index contributed by atoms with van der Waals surface area (Å²) in [5.74, 6) is -0.480. The summed E-state index contributed by atoms with van der Waals surface area (Å²) in [7, 11) is 0. The van der Waals surface area contributed by atoms with E-state index in [0.29, 0.717) is 10.8 Å². The van der Waals surface area contributed by atoms with Gasteiger partial charge in [-0.1, -0.05) is 36.4 Å². The fraction of sp³-hybridized carbons (Fsp3) is 0.179. The average Bonchev–Trinajstić information content (AvgIpc) is 3.35. The SMILES string of the molecule is Cc1cc(C2C(c3ccccn3)NC(=S)N2CC(=O)Nc2ccccc2)c(C)n1-c1ccccc1F. The third-order valence-electron chi connectivity index (χ3n) is 6.45. The molecule has 182 valence electrons. The second kappa shape index (κ2) is 9.91. The molecule has 1 saturated heterocycles. The van der Waals surface area contributed by atoms with Gasteiger partial charge >= 0.3 is 0 Å². The number of para-hydroxylation sites is 2. The first-order valence-corrected chi connectivity index (χ1v) is 12.1. The molecule has 36 heavy (non-hydrogen) atoms. The lowest BCUT2D eigenvalue weighted by atomic mass is 9.96. The van der Waals surface area contributed by atoms with E-state index in [1.807, 2.05) is 84.0 Å². The maximum atomic E-state index is 14.8. The Morgan fingerprint density at radius 2 is 1.78 bits per heavy atom. The van der Waals surface area contributed by atoms with Gasteiger partial charge < -0.3 is 20.1 Å². The highest BCUT2D eigenvalue weighted by Gasteiger charge is 2.42. The highest BCUT2D eigenvalue weighted by atomic mass is 32.1. The number of rotatable bonds is 6. The van der Waals surface area contributed by atoms with Crippen LogP contribution in [0.4, 0.5) is 10.1 Å². The van der Waals surface area contributed by atoms with Crippen LogP contribution in [0.1, 0.15) is 34.7 Å². The van der Waals surface area contributed by atoms with Crippen molar-refractivity contribution in [1.82, 2.24) is 19.8 Å². The smallest absolute Gasteiger partial charge is 0.244 e. The number of aromatic nitrogens is 2. The number of hydrogen-bond acceptors (Lipinski definition) is 3. The van der Waals surface area contributed by atoms with Gasteiger partial charge in [-0.15, -0.1) is 0 Å². The number of thiocarbonyl (C=S) groups is 1. The first-order valence-electron chi connectivity index (χ1n) is 11.7. The summed E-state index contributed by atoms with van der Waals surface area (Å²) in [6.07, 6.45) is 1.74. The number of carbonyl (C=O) groups is 1. The Kier molecular flexibility index (Phi) is 6.52. The second-order valence-electron chi connectivity index (χ2n) is 8.78. The first kappa shape index (κ1) is 23.7. The van der Waals surface area contributed by atoms with Crippen molar-refractivity contribution in [3.05, 3.63) is 114 Å². The summed E-state index contributed by atoms with van der Waals surface area (Å²) in [4.78, 5) is 19.5. The summed E-state index contributed by atoms with van der Waals surface area (Å²) in [6.45, 7) is 3.97. The van der Waals surface area contributed by atoms with Crippen molar-refractivity contribution in [2.24, 2.45) is 0 Å². The predicted molar refractivity (Wildman–Crippen MR) is 142 cm³/mol. The lowest BCUT2D eigenvalue weighted by molar-refractivity contribution is -0.116. The van der Waals surface area contributed by atoms with Crippen LogP contribution in [-0.4, -0.2) is 32.0 Å². The van der Waals surface area contributed by atoms with Crippen molar-refractivity contribution in [2.45, 2.75) is 25.9 Å². The molecule has 6 nitrogen and oxygen atoms in total. The molecule has 2 unspecified atom stereocenters. The quantitative estimate of drug-likeness (QED) is 0.355. The maximum absolute atomic E-state index is 14.8. The van der Waals surface area contributed by atoms with Crippen LogP contribution in [0.3, 0.4) is 0 Å². The molecule has 2 N–H and O–H groups in total. The molecular formula is C28H26FN5OS. The van der Waals surface area contributed by atoms with Crippen LogP contribution in [0.15, 0.2) is 85.1 Å². The number of benzene rings is 2. The largest absolute Gasteiger partial charge is 0.352 e. The molecule has 1 amide bonds. The third-order valence-corrected chi connectivity index (χ3v) is 6.80. The van der Waals surface area contributed by atoms with Gasteiger partial charge in [0.1, 0.15) is 12.4 Å². The van der Waals surface area contributed by atoms with E-state index in [0.717, 1.165) is 28.3 Å². The molecule has 2 aromatic carbocycles. The Hall–Kier alpha value is -4.04. The molecule has 2 atom stereocenters. The number of carbonyl (C=O) groups excluding carboxylic acids is 1. The Labute approximate surface area is 214 Å². The van der Waals surface area contributed by atoms with Crippen LogP contribution in [0.5, 0.6) is 0 Å². The molecule has 4 aromatic rings. The molecule has 0 radical (unpaired) electrons. The molecule has 0 saturated carbocycles. The van der Waals surface area contributed by atoms with E-state index in [2.05, 4.69) is 15.6 Å². The number of nitrogens with zero attached hydrogens (tertiary/aromatic N) is 3. The van der Waals surface area contributed by atoms with Crippen LogP contribution in [0, 0.1) is 19.7 Å². The number of hydrogen-bond donors (Lipinski definition) is 2. The van der Waals surface area contributed by atoms with Crippen molar-refractivity contribution < 1.29 is 9.18 Å². The molecule has 1 aliphatic rings. The van der Waals surface area contributed by atoms with Crippen LogP contribution >= 0.6 is 12.2 Å². The molecule has 3 heterocycles. The van der Waals surface area contributed by atoms with Crippen molar-refractivity contribution in [3.8, 4) is 5.69 Å². The van der Waals surface area contributed by atoms with Crippen molar-refractivity contribution in [2.75, 3.05) is 11.9 Å². The number of halogens is 1. The zero-order chi connectivity index (χ0) is 25.2. The van der Waals surface area contributed by atoms with Gasteiger partial charge in [-0.2, -0.15) is 0 Å². The molecule has 0 bridgehead atoms. The normalized spacial score (nSPS) is 17.2. The second-order valence-corrected chi connectivity index (χ2v) is 9.17. The van der Waals surface area contributed by atoms with E-state index in [-0.39, 0.29) is 30.4 Å². The lowest BCUT2D eigenvalue weighted by Gasteiger charge is -2.27.